The van der Waals surface area contributed by atoms with Crippen LogP contribution in [0.5, 0.6) is 0 Å². The molecule has 0 aromatic rings. The van der Waals surface area contributed by atoms with E-state index in [-0.39, 0.29) is 0 Å². The fourth-order valence-electron chi connectivity index (χ4n) is 0.461. The lowest BCUT2D eigenvalue weighted by Gasteiger charge is -2.09. The summed E-state index contributed by atoms with van der Waals surface area (Å²) in [6, 6.07) is 0. The molecule has 0 aliphatic heterocycles. The molecule has 7 nitrogen and oxygen atoms in total. The molecule has 0 aromatic carbocycles. The van der Waals surface area contributed by atoms with E-state index in [1.54, 1.807) is 0 Å². The molecular formula is C6H10O7. The van der Waals surface area contributed by atoms with Gasteiger partial charge in [0.05, 0.1) is 6.61 Å². The standard InChI is InChI=1S/C6H10O7/c7-1-4(6(10)11)13-3-12-2-5(8)9/h4,7H,1-3H2,(H,8,9)(H,10,11). The van der Waals surface area contributed by atoms with Crippen LogP contribution in [-0.2, 0) is 19.1 Å². The van der Waals surface area contributed by atoms with E-state index in [0.717, 1.165) is 0 Å². The van der Waals surface area contributed by atoms with Gasteiger partial charge in [-0.3, -0.25) is 0 Å². The Morgan fingerprint density at radius 3 is 2.31 bits per heavy atom. The maximum absolute atomic E-state index is 10.2. The monoisotopic (exact) mass is 194 g/mol. The first-order valence-electron chi connectivity index (χ1n) is 3.32. The molecule has 0 spiro atoms. The van der Waals surface area contributed by atoms with Gasteiger partial charge in [0.15, 0.2) is 6.10 Å². The van der Waals surface area contributed by atoms with E-state index in [2.05, 4.69) is 9.47 Å². The molecule has 3 N–H and O–H groups in total. The number of carbonyl (C=O) groups is 2. The summed E-state index contributed by atoms with van der Waals surface area (Å²) >= 11 is 0. The molecule has 76 valence electrons. The lowest BCUT2D eigenvalue weighted by atomic mass is 10.4. The molecule has 0 aliphatic carbocycles. The number of rotatable bonds is 7. The van der Waals surface area contributed by atoms with Crippen molar-refractivity contribution in [1.82, 2.24) is 0 Å². The number of aliphatic carboxylic acids is 2. The minimum absolute atomic E-state index is 0.482. The van der Waals surface area contributed by atoms with Gasteiger partial charge in [0.2, 0.25) is 0 Å². The van der Waals surface area contributed by atoms with E-state index >= 15 is 0 Å². The number of aliphatic hydroxyl groups excluding tert-OH is 1. The molecule has 1 unspecified atom stereocenters. The molecule has 13 heavy (non-hydrogen) atoms. The van der Waals surface area contributed by atoms with Gasteiger partial charge in [-0.15, -0.1) is 0 Å². The fraction of sp³-hybridized carbons (Fsp3) is 0.667. The number of ether oxygens (including phenoxy) is 2. The first kappa shape index (κ1) is 11.8. The minimum atomic E-state index is -1.38. The predicted octanol–water partition coefficient (Wildman–Crippen LogP) is -1.49. The summed E-state index contributed by atoms with van der Waals surface area (Å²) in [5, 5.41) is 24.9. The van der Waals surface area contributed by atoms with Crippen LogP contribution < -0.4 is 0 Å². The Balaban J connectivity index is 3.50. The fourth-order valence-corrected chi connectivity index (χ4v) is 0.461. The topological polar surface area (TPSA) is 113 Å². The Kier molecular flexibility index (Phi) is 5.77. The molecule has 7 heteroatoms. The maximum atomic E-state index is 10.2. The predicted molar refractivity (Wildman–Crippen MR) is 38.0 cm³/mol. The minimum Gasteiger partial charge on any atom is -0.480 e. The largest absolute Gasteiger partial charge is 0.480 e. The molecule has 0 saturated heterocycles. The van der Waals surface area contributed by atoms with Crippen molar-refractivity contribution < 1.29 is 34.4 Å². The molecule has 0 saturated carbocycles. The van der Waals surface area contributed by atoms with Gasteiger partial charge in [-0.25, -0.2) is 9.59 Å². The average Bonchev–Trinajstić information content (AvgIpc) is 2.03. The van der Waals surface area contributed by atoms with Crippen LogP contribution in [0.25, 0.3) is 0 Å². The Hall–Kier alpha value is -1.18. The highest BCUT2D eigenvalue weighted by Crippen LogP contribution is 1.91. The highest BCUT2D eigenvalue weighted by atomic mass is 16.7. The average molecular weight is 194 g/mol. The van der Waals surface area contributed by atoms with Gasteiger partial charge in [-0.05, 0) is 0 Å². The van der Waals surface area contributed by atoms with E-state index in [1.165, 1.54) is 0 Å². The number of carboxylic acids is 2. The summed E-state index contributed by atoms with van der Waals surface area (Å²) in [6.45, 7) is -1.74. The first-order chi connectivity index (χ1) is 6.07. The second-order valence-electron chi connectivity index (χ2n) is 2.04. The molecule has 0 radical (unpaired) electrons. The van der Waals surface area contributed by atoms with Crippen LogP contribution in [0.2, 0.25) is 0 Å². The van der Waals surface area contributed by atoms with Gasteiger partial charge in [-0.2, -0.15) is 0 Å². The molecule has 0 rings (SSSR count). The lowest BCUT2D eigenvalue weighted by Crippen LogP contribution is -2.29. The summed E-state index contributed by atoms with van der Waals surface area (Å²) in [5.41, 5.74) is 0. The summed E-state index contributed by atoms with van der Waals surface area (Å²) in [7, 11) is 0. The molecule has 0 amide bonds. The molecule has 0 aromatic heterocycles. The van der Waals surface area contributed by atoms with Crippen molar-refractivity contribution in [3.8, 4) is 0 Å². The zero-order valence-electron chi connectivity index (χ0n) is 6.67. The van der Waals surface area contributed by atoms with Crippen molar-refractivity contribution in [1.29, 1.82) is 0 Å². The highest BCUT2D eigenvalue weighted by Gasteiger charge is 2.16. The van der Waals surface area contributed by atoms with E-state index in [9.17, 15) is 9.59 Å². The van der Waals surface area contributed by atoms with Crippen molar-refractivity contribution >= 4 is 11.9 Å². The Labute approximate surface area is 73.5 Å². The second-order valence-corrected chi connectivity index (χ2v) is 2.04. The van der Waals surface area contributed by atoms with Crippen molar-refractivity contribution in [3.63, 3.8) is 0 Å². The van der Waals surface area contributed by atoms with Gasteiger partial charge in [0, 0.05) is 0 Å². The van der Waals surface area contributed by atoms with Crippen molar-refractivity contribution in [2.45, 2.75) is 6.10 Å². The van der Waals surface area contributed by atoms with Crippen LogP contribution in [0.4, 0.5) is 0 Å². The van der Waals surface area contributed by atoms with Crippen LogP contribution in [0.15, 0.2) is 0 Å². The summed E-state index contributed by atoms with van der Waals surface area (Å²) in [5.74, 6) is -2.51. The van der Waals surface area contributed by atoms with Crippen LogP contribution >= 0.6 is 0 Å². The van der Waals surface area contributed by atoms with Gasteiger partial charge in [0.25, 0.3) is 0 Å². The van der Waals surface area contributed by atoms with Crippen LogP contribution in [0.3, 0.4) is 0 Å². The van der Waals surface area contributed by atoms with E-state index in [0.29, 0.717) is 0 Å². The number of hydrogen-bond donors (Lipinski definition) is 3. The third kappa shape index (κ3) is 6.02. The summed E-state index contributed by atoms with van der Waals surface area (Å²) in [6.07, 6.45) is -1.38. The lowest BCUT2D eigenvalue weighted by molar-refractivity contribution is -0.168. The van der Waals surface area contributed by atoms with Crippen molar-refractivity contribution in [2.24, 2.45) is 0 Å². The molecular weight excluding hydrogens is 184 g/mol. The number of hydrogen-bond acceptors (Lipinski definition) is 5. The zero-order chi connectivity index (χ0) is 10.3. The summed E-state index contributed by atoms with van der Waals surface area (Å²) < 4.78 is 8.85. The molecule has 0 heterocycles. The Bertz CT molecular complexity index is 178. The van der Waals surface area contributed by atoms with Crippen molar-refractivity contribution in [2.75, 3.05) is 20.0 Å². The number of carboxylic acid groups (broad SMARTS) is 2. The quantitative estimate of drug-likeness (QED) is 0.334. The molecule has 1 atom stereocenters. The maximum Gasteiger partial charge on any atom is 0.335 e. The highest BCUT2D eigenvalue weighted by molar-refractivity contribution is 5.72. The van der Waals surface area contributed by atoms with E-state index in [4.69, 9.17) is 15.3 Å². The van der Waals surface area contributed by atoms with Crippen LogP contribution in [0.1, 0.15) is 0 Å². The van der Waals surface area contributed by atoms with Gasteiger partial charge >= 0.3 is 11.9 Å². The first-order valence-corrected chi connectivity index (χ1v) is 3.32. The summed E-state index contributed by atoms with van der Waals surface area (Å²) in [4.78, 5) is 20.1. The van der Waals surface area contributed by atoms with E-state index in [1.807, 2.05) is 0 Å². The Morgan fingerprint density at radius 1 is 1.31 bits per heavy atom. The normalized spacial score (nSPS) is 12.4. The number of aliphatic hydroxyl groups is 1. The van der Waals surface area contributed by atoms with Gasteiger partial charge < -0.3 is 24.8 Å². The van der Waals surface area contributed by atoms with Crippen molar-refractivity contribution in [3.05, 3.63) is 0 Å². The molecule has 0 fully saturated rings. The van der Waals surface area contributed by atoms with E-state index < -0.39 is 38.0 Å². The second kappa shape index (κ2) is 6.35. The zero-order valence-corrected chi connectivity index (χ0v) is 6.67. The molecule has 0 bridgehead atoms. The van der Waals surface area contributed by atoms with Gasteiger partial charge in [0.1, 0.15) is 13.4 Å². The third-order valence-electron chi connectivity index (χ3n) is 1.02. The Morgan fingerprint density at radius 2 is 1.92 bits per heavy atom. The molecule has 0 aliphatic rings. The smallest absolute Gasteiger partial charge is 0.335 e. The van der Waals surface area contributed by atoms with Crippen LogP contribution in [-0.4, -0.2) is 53.4 Å². The third-order valence-corrected chi connectivity index (χ3v) is 1.02. The van der Waals surface area contributed by atoms with Gasteiger partial charge in [-0.1, -0.05) is 0 Å². The van der Waals surface area contributed by atoms with Crippen LogP contribution in [0, 0.1) is 0 Å². The SMILES string of the molecule is O=C(O)COCOC(CO)C(=O)O.